The molecule has 3 heterocycles. The standard InChI is InChI=1S/C17H21N3O3/c1-11(2)10-14(21)19-8-5-12(6-9-19)20-16(22)13-4-3-7-18-15(13)17(20)23/h3-4,7,11-12H,5-6,8-10H2,1-2H3. The Morgan fingerprint density at radius 2 is 1.96 bits per heavy atom. The summed E-state index contributed by atoms with van der Waals surface area (Å²) in [5.74, 6) is -0.0763. The van der Waals surface area contributed by atoms with Crippen LogP contribution in [0.5, 0.6) is 0 Å². The van der Waals surface area contributed by atoms with E-state index >= 15 is 0 Å². The van der Waals surface area contributed by atoms with Gasteiger partial charge >= 0.3 is 0 Å². The molecule has 6 heteroatoms. The predicted octanol–water partition coefficient (Wildman–Crippen LogP) is 1.71. The van der Waals surface area contributed by atoms with Crippen LogP contribution in [0.3, 0.4) is 0 Å². The molecule has 6 nitrogen and oxygen atoms in total. The van der Waals surface area contributed by atoms with E-state index in [9.17, 15) is 14.4 Å². The number of likely N-dealkylation sites (tertiary alicyclic amines) is 1. The van der Waals surface area contributed by atoms with Crippen LogP contribution in [0, 0.1) is 5.92 Å². The van der Waals surface area contributed by atoms with E-state index in [1.165, 1.54) is 11.1 Å². The average Bonchev–Trinajstić information content (AvgIpc) is 2.79. The van der Waals surface area contributed by atoms with Crippen LogP contribution in [0.15, 0.2) is 18.3 Å². The van der Waals surface area contributed by atoms with Gasteiger partial charge in [-0.25, -0.2) is 0 Å². The van der Waals surface area contributed by atoms with Gasteiger partial charge in [-0.3, -0.25) is 24.3 Å². The van der Waals surface area contributed by atoms with Gasteiger partial charge in [-0.05, 0) is 30.9 Å². The van der Waals surface area contributed by atoms with Gasteiger partial charge in [-0.1, -0.05) is 13.8 Å². The van der Waals surface area contributed by atoms with Crippen LogP contribution in [0.2, 0.25) is 0 Å². The Morgan fingerprint density at radius 1 is 1.26 bits per heavy atom. The number of fused-ring (bicyclic) bond motifs is 1. The minimum Gasteiger partial charge on any atom is -0.343 e. The Morgan fingerprint density at radius 3 is 2.57 bits per heavy atom. The van der Waals surface area contributed by atoms with Crippen LogP contribution in [0.1, 0.15) is 54.0 Å². The maximum absolute atomic E-state index is 12.5. The maximum Gasteiger partial charge on any atom is 0.280 e. The number of pyridine rings is 1. The van der Waals surface area contributed by atoms with Crippen molar-refractivity contribution in [3.63, 3.8) is 0 Å². The molecule has 0 unspecified atom stereocenters. The second-order valence-corrected chi connectivity index (χ2v) is 6.59. The third kappa shape index (κ3) is 2.85. The van der Waals surface area contributed by atoms with Crippen LogP contribution < -0.4 is 0 Å². The lowest BCUT2D eigenvalue weighted by molar-refractivity contribution is -0.133. The zero-order valence-electron chi connectivity index (χ0n) is 13.5. The highest BCUT2D eigenvalue weighted by Gasteiger charge is 2.42. The number of nitrogens with zero attached hydrogens (tertiary/aromatic N) is 3. The van der Waals surface area contributed by atoms with E-state index in [2.05, 4.69) is 4.98 Å². The number of carbonyl (C=O) groups excluding carboxylic acids is 3. The second-order valence-electron chi connectivity index (χ2n) is 6.59. The Hall–Kier alpha value is -2.24. The average molecular weight is 315 g/mol. The fourth-order valence-corrected chi connectivity index (χ4v) is 3.27. The molecule has 3 amide bonds. The van der Waals surface area contributed by atoms with Crippen molar-refractivity contribution in [1.82, 2.24) is 14.8 Å². The molecule has 0 radical (unpaired) electrons. The zero-order valence-corrected chi connectivity index (χ0v) is 13.5. The molecule has 0 aliphatic carbocycles. The van der Waals surface area contributed by atoms with Gasteiger partial charge < -0.3 is 4.90 Å². The molecular weight excluding hydrogens is 294 g/mol. The molecule has 122 valence electrons. The highest BCUT2D eigenvalue weighted by molar-refractivity contribution is 6.20. The summed E-state index contributed by atoms with van der Waals surface area (Å²) in [7, 11) is 0. The summed E-state index contributed by atoms with van der Waals surface area (Å²) in [4.78, 5) is 44.2. The minimum atomic E-state index is -0.308. The molecule has 2 aliphatic rings. The molecule has 1 fully saturated rings. The van der Waals surface area contributed by atoms with E-state index < -0.39 is 0 Å². The first kappa shape index (κ1) is 15.6. The molecular formula is C17H21N3O3. The monoisotopic (exact) mass is 315 g/mol. The predicted molar refractivity (Wildman–Crippen MR) is 83.8 cm³/mol. The summed E-state index contributed by atoms with van der Waals surface area (Å²) in [6, 6.07) is 3.16. The first-order valence-electron chi connectivity index (χ1n) is 8.09. The molecule has 0 saturated carbocycles. The number of rotatable bonds is 3. The van der Waals surface area contributed by atoms with E-state index in [-0.39, 0.29) is 29.5 Å². The lowest BCUT2D eigenvalue weighted by Crippen LogP contribution is -2.48. The number of piperidine rings is 1. The van der Waals surface area contributed by atoms with Gasteiger partial charge in [-0.15, -0.1) is 0 Å². The number of hydrogen-bond donors (Lipinski definition) is 0. The number of imide groups is 1. The Bertz CT molecular complexity index is 613. The highest BCUT2D eigenvalue weighted by atomic mass is 16.2. The van der Waals surface area contributed by atoms with E-state index in [4.69, 9.17) is 0 Å². The van der Waals surface area contributed by atoms with Crippen molar-refractivity contribution in [2.45, 2.75) is 39.2 Å². The Kier molecular flexibility index (Phi) is 4.15. The van der Waals surface area contributed by atoms with Gasteiger partial charge in [0.2, 0.25) is 5.91 Å². The van der Waals surface area contributed by atoms with Crippen molar-refractivity contribution in [1.29, 1.82) is 0 Å². The van der Waals surface area contributed by atoms with Crippen LogP contribution in [0.25, 0.3) is 0 Å². The molecule has 1 aromatic rings. The maximum atomic E-state index is 12.5. The minimum absolute atomic E-state index is 0.146. The Labute approximate surface area is 135 Å². The molecule has 1 aromatic heterocycles. The lowest BCUT2D eigenvalue weighted by atomic mass is 10.0. The fourth-order valence-electron chi connectivity index (χ4n) is 3.27. The van der Waals surface area contributed by atoms with E-state index in [1.54, 1.807) is 12.1 Å². The normalized spacial score (nSPS) is 18.7. The van der Waals surface area contributed by atoms with Crippen molar-refractivity contribution in [3.8, 4) is 0 Å². The third-order valence-corrected chi connectivity index (χ3v) is 4.44. The molecule has 0 N–H and O–H groups in total. The van der Waals surface area contributed by atoms with Crippen LogP contribution >= 0.6 is 0 Å². The smallest absolute Gasteiger partial charge is 0.280 e. The molecule has 2 aliphatic heterocycles. The first-order valence-corrected chi connectivity index (χ1v) is 8.09. The summed E-state index contributed by atoms with van der Waals surface area (Å²) in [5, 5.41) is 0. The number of aromatic nitrogens is 1. The van der Waals surface area contributed by atoms with Crippen molar-refractivity contribution in [2.75, 3.05) is 13.1 Å². The topological polar surface area (TPSA) is 70.6 Å². The van der Waals surface area contributed by atoms with Gasteiger partial charge in [-0.2, -0.15) is 0 Å². The zero-order chi connectivity index (χ0) is 16.6. The summed E-state index contributed by atoms with van der Waals surface area (Å²) >= 11 is 0. The van der Waals surface area contributed by atoms with Crippen molar-refractivity contribution in [3.05, 3.63) is 29.6 Å². The Balaban J connectivity index is 1.66. The molecule has 0 bridgehead atoms. The molecule has 0 spiro atoms. The van der Waals surface area contributed by atoms with Gasteiger partial charge in [0.25, 0.3) is 11.8 Å². The van der Waals surface area contributed by atoms with Crippen molar-refractivity contribution < 1.29 is 14.4 Å². The van der Waals surface area contributed by atoms with Gasteiger partial charge in [0.15, 0.2) is 0 Å². The van der Waals surface area contributed by atoms with E-state index in [1.807, 2.05) is 18.7 Å². The summed E-state index contributed by atoms with van der Waals surface area (Å²) in [5.41, 5.74) is 0.631. The number of amides is 3. The van der Waals surface area contributed by atoms with Crippen molar-refractivity contribution >= 4 is 17.7 Å². The molecule has 0 atom stereocenters. The quantitative estimate of drug-likeness (QED) is 0.796. The van der Waals surface area contributed by atoms with Crippen molar-refractivity contribution in [2.24, 2.45) is 5.92 Å². The van der Waals surface area contributed by atoms with Crippen LogP contribution in [-0.2, 0) is 4.79 Å². The molecule has 3 rings (SSSR count). The molecule has 1 saturated heterocycles. The largest absolute Gasteiger partial charge is 0.343 e. The van der Waals surface area contributed by atoms with Crippen LogP contribution in [-0.4, -0.2) is 51.6 Å². The lowest BCUT2D eigenvalue weighted by Gasteiger charge is -2.35. The number of hydrogen-bond acceptors (Lipinski definition) is 4. The summed E-state index contributed by atoms with van der Waals surface area (Å²) in [6.45, 7) is 5.24. The third-order valence-electron chi connectivity index (χ3n) is 4.44. The first-order chi connectivity index (χ1) is 11.0. The second kappa shape index (κ2) is 6.10. The van der Waals surface area contributed by atoms with Crippen LogP contribution in [0.4, 0.5) is 0 Å². The number of carbonyl (C=O) groups is 3. The highest BCUT2D eigenvalue weighted by Crippen LogP contribution is 2.27. The summed E-state index contributed by atoms with van der Waals surface area (Å²) in [6.07, 6.45) is 3.34. The fraction of sp³-hybridized carbons (Fsp3) is 0.529. The molecule has 23 heavy (non-hydrogen) atoms. The van der Waals surface area contributed by atoms with E-state index in [0.717, 1.165) is 0 Å². The van der Waals surface area contributed by atoms with Gasteiger partial charge in [0.1, 0.15) is 5.69 Å². The van der Waals surface area contributed by atoms with Gasteiger partial charge in [0.05, 0.1) is 5.56 Å². The van der Waals surface area contributed by atoms with Gasteiger partial charge in [0, 0.05) is 31.7 Å². The molecule has 0 aromatic carbocycles. The SMILES string of the molecule is CC(C)CC(=O)N1CCC(N2C(=O)c3cccnc3C2=O)CC1. The van der Waals surface area contributed by atoms with E-state index in [0.29, 0.717) is 43.8 Å². The summed E-state index contributed by atoms with van der Waals surface area (Å²) < 4.78 is 0.